The lowest BCUT2D eigenvalue weighted by Gasteiger charge is -2.19. The van der Waals surface area contributed by atoms with Gasteiger partial charge in [-0.3, -0.25) is 9.69 Å². The average molecular weight is 398 g/mol. The van der Waals surface area contributed by atoms with Crippen LogP contribution in [0.25, 0.3) is 0 Å². The minimum absolute atomic E-state index is 0.163. The fraction of sp³-hybridized carbons (Fsp3) is 0.391. The first kappa shape index (κ1) is 22.4. The van der Waals surface area contributed by atoms with Crippen molar-refractivity contribution >= 4 is 12.0 Å². The Kier molecular flexibility index (Phi) is 8.21. The first-order valence-corrected chi connectivity index (χ1v) is 9.79. The first-order valence-electron chi connectivity index (χ1n) is 9.79. The monoisotopic (exact) mass is 397 g/mol. The number of alkyl carbamates (subject to hydrolysis) is 1. The second-order valence-electron chi connectivity index (χ2n) is 8.04. The highest BCUT2D eigenvalue weighted by molar-refractivity contribution is 5.94. The molecule has 156 valence electrons. The molecular formula is C23H31N3O3. The smallest absolute Gasteiger partial charge is 0.407 e. The molecule has 0 unspecified atom stereocenters. The maximum atomic E-state index is 12.4. The third-order valence-electron chi connectivity index (χ3n) is 4.02. The van der Waals surface area contributed by atoms with E-state index in [-0.39, 0.29) is 5.91 Å². The minimum atomic E-state index is -0.540. The van der Waals surface area contributed by atoms with Crippen molar-refractivity contribution in [3.8, 4) is 0 Å². The van der Waals surface area contributed by atoms with Gasteiger partial charge in [0.15, 0.2) is 0 Å². The molecule has 6 heteroatoms. The van der Waals surface area contributed by atoms with Gasteiger partial charge in [0.1, 0.15) is 5.60 Å². The Bertz CT molecular complexity index is 801. The van der Waals surface area contributed by atoms with Gasteiger partial charge in [-0.15, -0.1) is 0 Å². The molecule has 0 bridgehead atoms. The summed E-state index contributed by atoms with van der Waals surface area (Å²) < 4.78 is 5.16. The highest BCUT2D eigenvalue weighted by Crippen LogP contribution is 2.10. The Morgan fingerprint density at radius 2 is 1.52 bits per heavy atom. The lowest BCUT2D eigenvalue weighted by molar-refractivity contribution is 0.0526. The van der Waals surface area contributed by atoms with Crippen molar-refractivity contribution in [1.82, 2.24) is 15.5 Å². The summed E-state index contributed by atoms with van der Waals surface area (Å²) in [6.45, 7) is 7.63. The van der Waals surface area contributed by atoms with Crippen LogP contribution in [0.4, 0.5) is 4.79 Å². The van der Waals surface area contributed by atoms with E-state index in [0.29, 0.717) is 18.7 Å². The van der Waals surface area contributed by atoms with Crippen LogP contribution in [-0.2, 0) is 17.8 Å². The number of hydrogen-bond donors (Lipinski definition) is 2. The maximum Gasteiger partial charge on any atom is 0.407 e. The summed E-state index contributed by atoms with van der Waals surface area (Å²) in [7, 11) is 2.06. The molecule has 0 saturated carbocycles. The molecule has 0 aliphatic rings. The molecule has 2 aromatic carbocycles. The zero-order chi connectivity index (χ0) is 21.3. The number of nitrogens with zero attached hydrogens (tertiary/aromatic N) is 1. The summed E-state index contributed by atoms with van der Waals surface area (Å²) in [5.74, 6) is -0.163. The Morgan fingerprint density at radius 3 is 2.21 bits per heavy atom. The molecule has 0 fully saturated rings. The fourth-order valence-corrected chi connectivity index (χ4v) is 2.83. The summed E-state index contributed by atoms with van der Waals surface area (Å²) >= 11 is 0. The number of amides is 2. The average Bonchev–Trinajstić information content (AvgIpc) is 2.64. The van der Waals surface area contributed by atoms with Crippen molar-refractivity contribution in [2.75, 3.05) is 20.1 Å². The third-order valence-corrected chi connectivity index (χ3v) is 4.02. The van der Waals surface area contributed by atoms with Crippen LogP contribution in [0.3, 0.4) is 0 Å². The highest BCUT2D eigenvalue weighted by atomic mass is 16.6. The van der Waals surface area contributed by atoms with E-state index in [1.807, 2.05) is 36.4 Å². The van der Waals surface area contributed by atoms with Gasteiger partial charge in [-0.25, -0.2) is 4.79 Å². The molecule has 6 nitrogen and oxygen atoms in total. The van der Waals surface area contributed by atoms with E-state index in [1.165, 1.54) is 5.56 Å². The zero-order valence-corrected chi connectivity index (χ0v) is 17.7. The van der Waals surface area contributed by atoms with Crippen LogP contribution in [0, 0.1) is 0 Å². The maximum absolute atomic E-state index is 12.4. The Morgan fingerprint density at radius 1 is 0.897 bits per heavy atom. The van der Waals surface area contributed by atoms with Gasteiger partial charge in [-0.1, -0.05) is 42.5 Å². The van der Waals surface area contributed by atoms with Crippen LogP contribution in [-0.4, -0.2) is 42.6 Å². The topological polar surface area (TPSA) is 70.7 Å². The molecule has 0 heterocycles. The van der Waals surface area contributed by atoms with E-state index < -0.39 is 11.7 Å². The number of carbonyl (C=O) groups excluding carboxylic acids is 2. The summed E-state index contributed by atoms with van der Waals surface area (Å²) in [6.07, 6.45) is -0.491. The number of nitrogens with one attached hydrogen (secondary N) is 2. The predicted octanol–water partition coefficient (Wildman–Crippen LogP) is 3.57. The van der Waals surface area contributed by atoms with Crippen LogP contribution >= 0.6 is 0 Å². The molecule has 0 aliphatic carbocycles. The van der Waals surface area contributed by atoms with Gasteiger partial charge in [0.05, 0.1) is 0 Å². The molecule has 0 aliphatic heterocycles. The molecule has 0 aromatic heterocycles. The van der Waals surface area contributed by atoms with Crippen LogP contribution in [0.15, 0.2) is 54.6 Å². The molecular weight excluding hydrogens is 366 g/mol. The number of benzene rings is 2. The predicted molar refractivity (Wildman–Crippen MR) is 115 cm³/mol. The van der Waals surface area contributed by atoms with Crippen LogP contribution < -0.4 is 10.6 Å². The molecule has 0 radical (unpaired) electrons. The van der Waals surface area contributed by atoms with Crippen molar-refractivity contribution in [3.63, 3.8) is 0 Å². The molecule has 2 N–H and O–H groups in total. The standard InChI is InChI=1S/C23H31N3O3/c1-23(2,3)29-22(28)25-14-13-24-21(27)20-12-8-11-19(15-20)17-26(4)16-18-9-6-5-7-10-18/h5-12,15H,13-14,16-17H2,1-4H3,(H,24,27)(H,25,28). The summed E-state index contributed by atoms with van der Waals surface area (Å²) in [4.78, 5) is 26.2. The largest absolute Gasteiger partial charge is 0.444 e. The van der Waals surface area contributed by atoms with Gasteiger partial charge in [-0.05, 0) is 51.1 Å². The van der Waals surface area contributed by atoms with Gasteiger partial charge in [0.25, 0.3) is 5.91 Å². The molecule has 0 atom stereocenters. The van der Waals surface area contributed by atoms with E-state index in [4.69, 9.17) is 4.74 Å². The lowest BCUT2D eigenvalue weighted by atomic mass is 10.1. The molecule has 0 saturated heterocycles. The van der Waals surface area contributed by atoms with E-state index in [1.54, 1.807) is 26.8 Å². The molecule has 2 aromatic rings. The molecule has 2 rings (SSSR count). The van der Waals surface area contributed by atoms with E-state index >= 15 is 0 Å². The van der Waals surface area contributed by atoms with Crippen LogP contribution in [0.1, 0.15) is 42.3 Å². The van der Waals surface area contributed by atoms with E-state index in [2.05, 4.69) is 34.7 Å². The molecule has 29 heavy (non-hydrogen) atoms. The number of rotatable bonds is 8. The van der Waals surface area contributed by atoms with Gasteiger partial charge >= 0.3 is 6.09 Å². The minimum Gasteiger partial charge on any atom is -0.444 e. The number of carbonyl (C=O) groups is 2. The van der Waals surface area contributed by atoms with Gasteiger partial charge in [-0.2, -0.15) is 0 Å². The van der Waals surface area contributed by atoms with Crippen molar-refractivity contribution in [3.05, 3.63) is 71.3 Å². The Balaban J connectivity index is 1.79. The van der Waals surface area contributed by atoms with Crippen molar-refractivity contribution in [1.29, 1.82) is 0 Å². The second-order valence-corrected chi connectivity index (χ2v) is 8.04. The SMILES string of the molecule is CN(Cc1ccccc1)Cc1cccc(C(=O)NCCNC(=O)OC(C)(C)C)c1. The Labute approximate surface area is 173 Å². The van der Waals surface area contributed by atoms with Gasteiger partial charge < -0.3 is 15.4 Å². The quantitative estimate of drug-likeness (QED) is 0.668. The van der Waals surface area contributed by atoms with Gasteiger partial charge in [0.2, 0.25) is 0 Å². The highest BCUT2D eigenvalue weighted by Gasteiger charge is 2.15. The third kappa shape index (κ3) is 8.79. The Hall–Kier alpha value is -2.86. The first-order chi connectivity index (χ1) is 13.7. The molecule has 2 amide bonds. The van der Waals surface area contributed by atoms with Crippen molar-refractivity contribution in [2.45, 2.75) is 39.5 Å². The summed E-state index contributed by atoms with van der Waals surface area (Å²) in [5, 5.41) is 5.44. The summed E-state index contributed by atoms with van der Waals surface area (Å²) in [6, 6.07) is 17.9. The van der Waals surface area contributed by atoms with Gasteiger partial charge in [0, 0.05) is 31.7 Å². The lowest BCUT2D eigenvalue weighted by Crippen LogP contribution is -2.37. The van der Waals surface area contributed by atoms with Crippen LogP contribution in [0.5, 0.6) is 0 Å². The van der Waals surface area contributed by atoms with E-state index in [9.17, 15) is 9.59 Å². The zero-order valence-electron chi connectivity index (χ0n) is 17.7. The fourth-order valence-electron chi connectivity index (χ4n) is 2.83. The van der Waals surface area contributed by atoms with Crippen molar-refractivity contribution < 1.29 is 14.3 Å². The summed E-state index contributed by atoms with van der Waals surface area (Å²) in [5.41, 5.74) is 2.39. The number of hydrogen-bond acceptors (Lipinski definition) is 4. The second kappa shape index (κ2) is 10.6. The van der Waals surface area contributed by atoms with E-state index in [0.717, 1.165) is 18.7 Å². The molecule has 0 spiro atoms. The van der Waals surface area contributed by atoms with Crippen molar-refractivity contribution in [2.24, 2.45) is 0 Å². The number of ether oxygens (including phenoxy) is 1. The normalized spacial score (nSPS) is 11.2. The van der Waals surface area contributed by atoms with Crippen LogP contribution in [0.2, 0.25) is 0 Å².